The Morgan fingerprint density at radius 1 is 1.00 bits per heavy atom. The first-order chi connectivity index (χ1) is 15.5. The highest BCUT2D eigenvalue weighted by Gasteiger charge is 2.15. The van der Waals surface area contributed by atoms with Gasteiger partial charge in [0.05, 0.1) is 14.2 Å². The van der Waals surface area contributed by atoms with E-state index in [1.165, 1.54) is 6.07 Å². The van der Waals surface area contributed by atoms with Gasteiger partial charge in [0.15, 0.2) is 18.1 Å². The van der Waals surface area contributed by atoms with E-state index in [4.69, 9.17) is 18.6 Å². The summed E-state index contributed by atoms with van der Waals surface area (Å²) in [5.41, 5.74) is 1.95. The molecule has 1 amide bonds. The highest BCUT2D eigenvalue weighted by Crippen LogP contribution is 2.28. The lowest BCUT2D eigenvalue weighted by molar-refractivity contribution is -0.133. The molecule has 0 N–H and O–H groups in total. The van der Waals surface area contributed by atoms with Crippen molar-refractivity contribution < 1.29 is 23.4 Å². The van der Waals surface area contributed by atoms with Gasteiger partial charge in [0.2, 0.25) is 0 Å². The summed E-state index contributed by atoms with van der Waals surface area (Å²) in [5.74, 6) is 1.58. The van der Waals surface area contributed by atoms with Crippen LogP contribution < -0.4 is 19.8 Å². The van der Waals surface area contributed by atoms with E-state index in [1.807, 2.05) is 31.2 Å². The molecule has 3 aromatic rings. The number of carbonyl (C=O) groups excluding carboxylic acids is 1. The molecule has 0 unspecified atom stereocenters. The Morgan fingerprint density at radius 3 is 2.47 bits per heavy atom. The quantitative estimate of drug-likeness (QED) is 0.441. The largest absolute Gasteiger partial charge is 0.493 e. The second kappa shape index (κ2) is 10.7. The first kappa shape index (κ1) is 23.2. The summed E-state index contributed by atoms with van der Waals surface area (Å²) in [7, 11) is 3.16. The number of nitrogens with zero attached hydrogens (tertiary/aromatic N) is 1. The van der Waals surface area contributed by atoms with E-state index in [9.17, 15) is 9.59 Å². The Hall–Kier alpha value is -3.48. The zero-order chi connectivity index (χ0) is 23.1. The van der Waals surface area contributed by atoms with E-state index in [0.717, 1.165) is 29.4 Å². The zero-order valence-electron chi connectivity index (χ0n) is 19.0. The van der Waals surface area contributed by atoms with E-state index in [-0.39, 0.29) is 18.1 Å². The summed E-state index contributed by atoms with van der Waals surface area (Å²) in [6.45, 7) is 4.81. The van der Waals surface area contributed by atoms with Crippen LogP contribution in [0.3, 0.4) is 0 Å². The highest BCUT2D eigenvalue weighted by molar-refractivity contribution is 5.82. The highest BCUT2D eigenvalue weighted by atomic mass is 16.5. The van der Waals surface area contributed by atoms with Gasteiger partial charge in [0, 0.05) is 30.6 Å². The number of rotatable bonds is 10. The van der Waals surface area contributed by atoms with Crippen LogP contribution in [0.25, 0.3) is 11.0 Å². The number of benzene rings is 2. The van der Waals surface area contributed by atoms with Gasteiger partial charge in [-0.2, -0.15) is 0 Å². The van der Waals surface area contributed by atoms with Crippen LogP contribution in [0.2, 0.25) is 0 Å². The van der Waals surface area contributed by atoms with Gasteiger partial charge in [-0.25, -0.2) is 4.79 Å². The minimum absolute atomic E-state index is 0.120. The maximum absolute atomic E-state index is 12.8. The van der Waals surface area contributed by atoms with Gasteiger partial charge in [-0.05, 0) is 48.7 Å². The molecule has 7 nitrogen and oxygen atoms in total. The van der Waals surface area contributed by atoms with Crippen molar-refractivity contribution in [3.05, 3.63) is 64.0 Å². The van der Waals surface area contributed by atoms with E-state index in [0.29, 0.717) is 35.9 Å². The SMILES string of the molecule is CCCc1cc(=O)oc2cc(OCC(=O)N(CC)Cc3ccc(OC)c(OC)c3)ccc12. The van der Waals surface area contributed by atoms with Gasteiger partial charge >= 0.3 is 5.63 Å². The topological polar surface area (TPSA) is 78.2 Å². The average molecular weight is 440 g/mol. The molecule has 3 rings (SSSR count). The lowest BCUT2D eigenvalue weighted by atomic mass is 10.1. The first-order valence-corrected chi connectivity index (χ1v) is 10.7. The van der Waals surface area contributed by atoms with E-state index in [1.54, 1.807) is 31.3 Å². The standard InChI is InChI=1S/C25H29NO6/c1-5-7-18-13-25(28)32-22-14-19(9-10-20(18)22)31-16-24(27)26(6-2)15-17-8-11-21(29-3)23(12-17)30-4/h8-14H,5-7,15-16H2,1-4H3. The van der Waals surface area contributed by atoms with E-state index >= 15 is 0 Å². The number of hydrogen-bond donors (Lipinski definition) is 0. The fraction of sp³-hybridized carbons (Fsp3) is 0.360. The number of aryl methyl sites for hydroxylation is 1. The molecule has 0 saturated carbocycles. The molecule has 0 spiro atoms. The Balaban J connectivity index is 1.69. The molecule has 170 valence electrons. The molecule has 0 aliphatic rings. The van der Waals surface area contributed by atoms with Crippen LogP contribution in [0, 0.1) is 0 Å². The maximum atomic E-state index is 12.8. The minimum atomic E-state index is -0.388. The van der Waals surface area contributed by atoms with Crippen molar-refractivity contribution in [2.24, 2.45) is 0 Å². The Kier molecular flexibility index (Phi) is 7.76. The van der Waals surface area contributed by atoms with Gasteiger partial charge in [-0.3, -0.25) is 4.79 Å². The van der Waals surface area contributed by atoms with Crippen LogP contribution in [0.4, 0.5) is 0 Å². The molecule has 0 radical (unpaired) electrons. The van der Waals surface area contributed by atoms with Gasteiger partial charge in [0.25, 0.3) is 5.91 Å². The van der Waals surface area contributed by atoms with Gasteiger partial charge in [0.1, 0.15) is 11.3 Å². The average Bonchev–Trinajstić information content (AvgIpc) is 2.80. The number of methoxy groups -OCH3 is 2. The minimum Gasteiger partial charge on any atom is -0.493 e. The second-order valence-electron chi connectivity index (χ2n) is 7.38. The molecule has 0 aliphatic heterocycles. The van der Waals surface area contributed by atoms with Crippen LogP contribution in [0.5, 0.6) is 17.2 Å². The van der Waals surface area contributed by atoms with Crippen molar-refractivity contribution in [2.75, 3.05) is 27.4 Å². The fourth-order valence-electron chi connectivity index (χ4n) is 3.59. The van der Waals surface area contributed by atoms with Crippen LogP contribution in [0.15, 0.2) is 51.7 Å². The van der Waals surface area contributed by atoms with Gasteiger partial charge in [-0.15, -0.1) is 0 Å². The summed E-state index contributed by atoms with van der Waals surface area (Å²) in [6.07, 6.45) is 1.72. The Morgan fingerprint density at radius 2 is 1.78 bits per heavy atom. The molecule has 0 aliphatic carbocycles. The number of likely N-dealkylation sites (N-methyl/N-ethyl adjacent to an activating group) is 1. The first-order valence-electron chi connectivity index (χ1n) is 10.7. The molecule has 1 heterocycles. The molecule has 32 heavy (non-hydrogen) atoms. The van der Waals surface area contributed by atoms with E-state index in [2.05, 4.69) is 6.92 Å². The fourth-order valence-corrected chi connectivity index (χ4v) is 3.59. The normalized spacial score (nSPS) is 10.8. The van der Waals surface area contributed by atoms with Crippen molar-refractivity contribution in [3.63, 3.8) is 0 Å². The third-order valence-electron chi connectivity index (χ3n) is 5.24. The van der Waals surface area contributed by atoms with E-state index < -0.39 is 0 Å². The molecule has 7 heteroatoms. The lowest BCUT2D eigenvalue weighted by Gasteiger charge is -2.22. The Labute approximate surface area is 187 Å². The van der Waals surface area contributed by atoms with Gasteiger partial charge in [-0.1, -0.05) is 19.4 Å². The van der Waals surface area contributed by atoms with Crippen molar-refractivity contribution in [2.45, 2.75) is 33.2 Å². The third kappa shape index (κ3) is 5.41. The third-order valence-corrected chi connectivity index (χ3v) is 5.24. The van der Waals surface area contributed by atoms with Crippen LogP contribution in [0.1, 0.15) is 31.4 Å². The number of fused-ring (bicyclic) bond motifs is 1. The molecule has 1 aromatic heterocycles. The molecular formula is C25H29NO6. The molecule has 0 atom stereocenters. The zero-order valence-corrected chi connectivity index (χ0v) is 19.0. The van der Waals surface area contributed by atoms with Crippen molar-refractivity contribution in [1.29, 1.82) is 0 Å². The van der Waals surface area contributed by atoms with Crippen LogP contribution in [-0.2, 0) is 17.8 Å². The molecule has 0 bridgehead atoms. The number of hydrogen-bond acceptors (Lipinski definition) is 6. The Bertz CT molecular complexity index is 1140. The van der Waals surface area contributed by atoms with Crippen molar-refractivity contribution in [1.82, 2.24) is 4.90 Å². The predicted octanol–water partition coefficient (Wildman–Crippen LogP) is 4.19. The maximum Gasteiger partial charge on any atom is 0.336 e. The number of ether oxygens (including phenoxy) is 3. The summed E-state index contributed by atoms with van der Waals surface area (Å²) >= 11 is 0. The second-order valence-corrected chi connectivity index (χ2v) is 7.38. The summed E-state index contributed by atoms with van der Waals surface area (Å²) in [4.78, 5) is 26.3. The van der Waals surface area contributed by atoms with Gasteiger partial charge < -0.3 is 23.5 Å². The summed E-state index contributed by atoms with van der Waals surface area (Å²) in [6, 6.07) is 12.4. The molecular weight excluding hydrogens is 410 g/mol. The summed E-state index contributed by atoms with van der Waals surface area (Å²) in [5, 5.41) is 0.883. The van der Waals surface area contributed by atoms with Crippen molar-refractivity contribution in [3.8, 4) is 17.2 Å². The number of amides is 1. The lowest BCUT2D eigenvalue weighted by Crippen LogP contribution is -2.34. The number of carbonyl (C=O) groups is 1. The molecule has 2 aromatic carbocycles. The predicted molar refractivity (Wildman–Crippen MR) is 123 cm³/mol. The summed E-state index contributed by atoms with van der Waals surface area (Å²) < 4.78 is 21.7. The molecule has 0 saturated heterocycles. The van der Waals surface area contributed by atoms with Crippen LogP contribution >= 0.6 is 0 Å². The monoisotopic (exact) mass is 439 g/mol. The smallest absolute Gasteiger partial charge is 0.336 e. The van der Waals surface area contributed by atoms with Crippen molar-refractivity contribution >= 4 is 16.9 Å². The van der Waals surface area contributed by atoms with Crippen LogP contribution in [-0.4, -0.2) is 38.2 Å². The molecule has 0 fully saturated rings.